The standard InChI is InChI=1S/C18H21N3O2/c1-14-6-2-3-7-15(14)12-17(22)20-10-5-11-21-18(23)16-8-4-9-19-13-16/h2-4,6-9,13H,5,10-12H2,1H3,(H,20,22)(H,21,23). The van der Waals surface area contributed by atoms with Crippen molar-refractivity contribution in [1.82, 2.24) is 15.6 Å². The van der Waals surface area contributed by atoms with Crippen LogP contribution < -0.4 is 10.6 Å². The summed E-state index contributed by atoms with van der Waals surface area (Å²) in [6, 6.07) is 11.3. The second kappa shape index (κ2) is 8.68. The molecular weight excluding hydrogens is 290 g/mol. The lowest BCUT2D eigenvalue weighted by Gasteiger charge is -2.08. The molecule has 120 valence electrons. The molecule has 0 aliphatic rings. The number of nitrogens with one attached hydrogen (secondary N) is 2. The molecule has 0 saturated heterocycles. The SMILES string of the molecule is Cc1ccccc1CC(=O)NCCCNC(=O)c1cccnc1. The van der Waals surface area contributed by atoms with Crippen LogP contribution in [0.5, 0.6) is 0 Å². The average molecular weight is 311 g/mol. The van der Waals surface area contributed by atoms with Gasteiger partial charge in [0.05, 0.1) is 12.0 Å². The summed E-state index contributed by atoms with van der Waals surface area (Å²) in [5.41, 5.74) is 2.69. The van der Waals surface area contributed by atoms with Crippen molar-refractivity contribution in [3.05, 3.63) is 65.5 Å². The van der Waals surface area contributed by atoms with Crippen molar-refractivity contribution in [3.8, 4) is 0 Å². The van der Waals surface area contributed by atoms with Gasteiger partial charge < -0.3 is 10.6 Å². The molecule has 5 nitrogen and oxygen atoms in total. The van der Waals surface area contributed by atoms with Gasteiger partial charge in [0.15, 0.2) is 0 Å². The number of nitrogens with zero attached hydrogens (tertiary/aromatic N) is 1. The first-order valence-electron chi connectivity index (χ1n) is 7.66. The Kier molecular flexibility index (Phi) is 6.29. The highest BCUT2D eigenvalue weighted by Gasteiger charge is 2.06. The van der Waals surface area contributed by atoms with Gasteiger partial charge >= 0.3 is 0 Å². The first-order valence-corrected chi connectivity index (χ1v) is 7.66. The summed E-state index contributed by atoms with van der Waals surface area (Å²) in [5.74, 6) is -0.151. The van der Waals surface area contributed by atoms with Crippen LogP contribution in [-0.4, -0.2) is 29.9 Å². The highest BCUT2D eigenvalue weighted by atomic mass is 16.2. The van der Waals surface area contributed by atoms with Crippen LogP contribution in [0.2, 0.25) is 0 Å². The Morgan fingerprint density at radius 2 is 1.83 bits per heavy atom. The number of amides is 2. The largest absolute Gasteiger partial charge is 0.356 e. The molecule has 0 spiro atoms. The van der Waals surface area contributed by atoms with Crippen LogP contribution in [0.15, 0.2) is 48.8 Å². The van der Waals surface area contributed by atoms with E-state index in [1.807, 2.05) is 31.2 Å². The fraction of sp³-hybridized carbons (Fsp3) is 0.278. The minimum atomic E-state index is -0.149. The van der Waals surface area contributed by atoms with Gasteiger partial charge in [-0.3, -0.25) is 14.6 Å². The van der Waals surface area contributed by atoms with Gasteiger partial charge in [0.25, 0.3) is 5.91 Å². The van der Waals surface area contributed by atoms with Crippen LogP contribution in [0.1, 0.15) is 27.9 Å². The number of carbonyl (C=O) groups is 2. The van der Waals surface area contributed by atoms with E-state index in [4.69, 9.17) is 0 Å². The highest BCUT2D eigenvalue weighted by molar-refractivity contribution is 5.93. The zero-order valence-corrected chi connectivity index (χ0v) is 13.2. The Morgan fingerprint density at radius 3 is 2.57 bits per heavy atom. The second-order valence-corrected chi connectivity index (χ2v) is 5.30. The smallest absolute Gasteiger partial charge is 0.252 e. The Bertz CT molecular complexity index is 656. The van der Waals surface area contributed by atoms with E-state index in [1.165, 1.54) is 6.20 Å². The lowest BCUT2D eigenvalue weighted by atomic mass is 10.1. The fourth-order valence-electron chi connectivity index (χ4n) is 2.16. The number of hydrogen-bond acceptors (Lipinski definition) is 3. The van der Waals surface area contributed by atoms with Crippen molar-refractivity contribution in [1.29, 1.82) is 0 Å². The van der Waals surface area contributed by atoms with Gasteiger partial charge in [-0.05, 0) is 36.6 Å². The van der Waals surface area contributed by atoms with Crippen molar-refractivity contribution < 1.29 is 9.59 Å². The highest BCUT2D eigenvalue weighted by Crippen LogP contribution is 2.07. The number of rotatable bonds is 7. The summed E-state index contributed by atoms with van der Waals surface area (Å²) in [5, 5.41) is 5.67. The van der Waals surface area contributed by atoms with Gasteiger partial charge in [-0.2, -0.15) is 0 Å². The molecule has 0 unspecified atom stereocenters. The van der Waals surface area contributed by atoms with Crippen molar-refractivity contribution in [2.75, 3.05) is 13.1 Å². The van der Waals surface area contributed by atoms with E-state index >= 15 is 0 Å². The summed E-state index contributed by atoms with van der Waals surface area (Å²) < 4.78 is 0. The molecule has 0 fully saturated rings. The van der Waals surface area contributed by atoms with Crippen LogP contribution in [0.4, 0.5) is 0 Å². The lowest BCUT2D eigenvalue weighted by Crippen LogP contribution is -2.30. The Balaban J connectivity index is 1.63. The van der Waals surface area contributed by atoms with E-state index in [0.717, 1.165) is 11.1 Å². The first-order chi connectivity index (χ1) is 11.2. The summed E-state index contributed by atoms with van der Waals surface area (Å²) in [7, 11) is 0. The molecule has 2 aromatic rings. The zero-order valence-electron chi connectivity index (χ0n) is 13.2. The number of aromatic nitrogens is 1. The maximum Gasteiger partial charge on any atom is 0.252 e. The molecule has 2 rings (SSSR count). The molecule has 0 bridgehead atoms. The molecule has 0 aliphatic heterocycles. The van der Waals surface area contributed by atoms with Crippen molar-refractivity contribution in [2.45, 2.75) is 19.8 Å². The van der Waals surface area contributed by atoms with Crippen LogP contribution in [-0.2, 0) is 11.2 Å². The summed E-state index contributed by atoms with van der Waals surface area (Å²) >= 11 is 0. The van der Waals surface area contributed by atoms with E-state index in [-0.39, 0.29) is 11.8 Å². The lowest BCUT2D eigenvalue weighted by molar-refractivity contribution is -0.120. The Labute approximate surface area is 136 Å². The van der Waals surface area contributed by atoms with Crippen LogP contribution >= 0.6 is 0 Å². The van der Waals surface area contributed by atoms with E-state index in [2.05, 4.69) is 15.6 Å². The molecule has 1 heterocycles. The quantitative estimate of drug-likeness (QED) is 0.767. The zero-order chi connectivity index (χ0) is 16.5. The van der Waals surface area contributed by atoms with Gasteiger partial charge in [0.1, 0.15) is 0 Å². The van der Waals surface area contributed by atoms with Crippen LogP contribution in [0.3, 0.4) is 0 Å². The monoisotopic (exact) mass is 311 g/mol. The molecule has 0 saturated carbocycles. The molecule has 1 aromatic heterocycles. The molecule has 0 radical (unpaired) electrons. The molecule has 2 N–H and O–H groups in total. The minimum absolute atomic E-state index is 0.00196. The fourth-order valence-corrected chi connectivity index (χ4v) is 2.16. The number of pyridine rings is 1. The predicted octanol–water partition coefficient (Wildman–Crippen LogP) is 1.87. The van der Waals surface area contributed by atoms with Gasteiger partial charge in [0, 0.05) is 25.5 Å². The molecular formula is C18H21N3O2. The third-order valence-electron chi connectivity index (χ3n) is 3.50. The third-order valence-corrected chi connectivity index (χ3v) is 3.50. The molecule has 0 atom stereocenters. The topological polar surface area (TPSA) is 71.1 Å². The number of aryl methyl sites for hydroxylation is 1. The maximum absolute atomic E-state index is 11.9. The number of carbonyl (C=O) groups excluding carboxylic acids is 2. The second-order valence-electron chi connectivity index (χ2n) is 5.30. The van der Waals surface area contributed by atoms with E-state index < -0.39 is 0 Å². The Hall–Kier alpha value is -2.69. The number of benzene rings is 1. The Morgan fingerprint density at radius 1 is 1.04 bits per heavy atom. The number of hydrogen-bond donors (Lipinski definition) is 2. The van der Waals surface area contributed by atoms with E-state index in [1.54, 1.807) is 18.3 Å². The molecule has 2 amide bonds. The minimum Gasteiger partial charge on any atom is -0.356 e. The van der Waals surface area contributed by atoms with E-state index in [0.29, 0.717) is 31.5 Å². The normalized spacial score (nSPS) is 10.1. The van der Waals surface area contributed by atoms with Gasteiger partial charge in [-0.25, -0.2) is 0 Å². The van der Waals surface area contributed by atoms with Gasteiger partial charge in [0.2, 0.25) is 5.91 Å². The third kappa shape index (κ3) is 5.54. The maximum atomic E-state index is 11.9. The van der Waals surface area contributed by atoms with Crippen molar-refractivity contribution in [2.24, 2.45) is 0 Å². The molecule has 5 heteroatoms. The molecule has 1 aromatic carbocycles. The predicted molar refractivity (Wildman–Crippen MR) is 89.1 cm³/mol. The summed E-state index contributed by atoms with van der Waals surface area (Å²) in [6.45, 7) is 3.05. The van der Waals surface area contributed by atoms with E-state index in [9.17, 15) is 9.59 Å². The van der Waals surface area contributed by atoms with Crippen molar-refractivity contribution >= 4 is 11.8 Å². The van der Waals surface area contributed by atoms with Crippen molar-refractivity contribution in [3.63, 3.8) is 0 Å². The molecule has 23 heavy (non-hydrogen) atoms. The first kappa shape index (κ1) is 16.7. The van der Waals surface area contributed by atoms with Crippen LogP contribution in [0, 0.1) is 6.92 Å². The van der Waals surface area contributed by atoms with Gasteiger partial charge in [-0.15, -0.1) is 0 Å². The summed E-state index contributed by atoms with van der Waals surface area (Å²) in [6.07, 6.45) is 4.22. The van der Waals surface area contributed by atoms with Gasteiger partial charge in [-0.1, -0.05) is 24.3 Å². The molecule has 0 aliphatic carbocycles. The average Bonchev–Trinajstić information content (AvgIpc) is 2.57. The summed E-state index contributed by atoms with van der Waals surface area (Å²) in [4.78, 5) is 27.6. The van der Waals surface area contributed by atoms with Crippen LogP contribution in [0.25, 0.3) is 0 Å².